The maximum Gasteiger partial charge on any atom is 0.251 e. The molecule has 3 rings (SSSR count). The van der Waals surface area contributed by atoms with Crippen LogP contribution in [0.25, 0.3) is 5.69 Å². The molecular formula is C17H16N4O. The van der Waals surface area contributed by atoms with Crippen LogP contribution in [0.3, 0.4) is 0 Å². The smallest absolute Gasteiger partial charge is 0.251 e. The Bertz CT molecular complexity index is 736. The lowest BCUT2D eigenvalue weighted by Gasteiger charge is -2.14. The van der Waals surface area contributed by atoms with Gasteiger partial charge in [0, 0.05) is 36.0 Å². The van der Waals surface area contributed by atoms with Crippen LogP contribution in [0, 0.1) is 0 Å². The van der Waals surface area contributed by atoms with Gasteiger partial charge in [0.05, 0.1) is 12.4 Å². The van der Waals surface area contributed by atoms with Crippen molar-refractivity contribution >= 4 is 5.91 Å². The molecule has 1 aromatic carbocycles. The van der Waals surface area contributed by atoms with Gasteiger partial charge in [0.25, 0.3) is 5.91 Å². The topological polar surface area (TPSA) is 59.8 Å². The predicted octanol–water partition coefficient (Wildman–Crippen LogP) is 2.76. The highest BCUT2D eigenvalue weighted by molar-refractivity contribution is 5.94. The molecule has 1 amide bonds. The SMILES string of the molecule is CC(NC(=O)c1ccc(-n2ccnc2)cc1)c1ccncc1. The number of nitrogens with zero attached hydrogens (tertiary/aromatic N) is 3. The fourth-order valence-electron chi connectivity index (χ4n) is 2.21. The largest absolute Gasteiger partial charge is 0.346 e. The summed E-state index contributed by atoms with van der Waals surface area (Å²) in [7, 11) is 0. The van der Waals surface area contributed by atoms with E-state index in [0.717, 1.165) is 11.3 Å². The van der Waals surface area contributed by atoms with Gasteiger partial charge in [-0.3, -0.25) is 9.78 Å². The molecule has 2 aromatic heterocycles. The van der Waals surface area contributed by atoms with Gasteiger partial charge in [0.2, 0.25) is 0 Å². The van der Waals surface area contributed by atoms with Gasteiger partial charge in [-0.15, -0.1) is 0 Å². The molecule has 0 aliphatic rings. The van der Waals surface area contributed by atoms with E-state index < -0.39 is 0 Å². The first-order valence-corrected chi connectivity index (χ1v) is 7.03. The lowest BCUT2D eigenvalue weighted by molar-refractivity contribution is 0.0940. The van der Waals surface area contributed by atoms with Crippen molar-refractivity contribution < 1.29 is 4.79 Å². The van der Waals surface area contributed by atoms with Crippen molar-refractivity contribution in [3.8, 4) is 5.69 Å². The number of carbonyl (C=O) groups is 1. The number of pyridine rings is 1. The van der Waals surface area contributed by atoms with Crippen molar-refractivity contribution in [2.24, 2.45) is 0 Å². The molecule has 5 heteroatoms. The first kappa shape index (κ1) is 14.0. The van der Waals surface area contributed by atoms with Gasteiger partial charge in [0.1, 0.15) is 0 Å². The summed E-state index contributed by atoms with van der Waals surface area (Å²) < 4.78 is 1.89. The zero-order valence-corrected chi connectivity index (χ0v) is 12.2. The molecule has 0 spiro atoms. The number of hydrogen-bond donors (Lipinski definition) is 1. The van der Waals surface area contributed by atoms with Crippen LogP contribution >= 0.6 is 0 Å². The molecule has 22 heavy (non-hydrogen) atoms. The van der Waals surface area contributed by atoms with Gasteiger partial charge in [-0.1, -0.05) is 0 Å². The highest BCUT2D eigenvalue weighted by atomic mass is 16.1. The van der Waals surface area contributed by atoms with E-state index in [1.807, 2.05) is 54.1 Å². The Hall–Kier alpha value is -2.95. The van der Waals surface area contributed by atoms with E-state index in [9.17, 15) is 4.79 Å². The minimum atomic E-state index is -0.0958. The lowest BCUT2D eigenvalue weighted by atomic mass is 10.1. The average Bonchev–Trinajstić information content (AvgIpc) is 3.10. The number of benzene rings is 1. The van der Waals surface area contributed by atoms with E-state index >= 15 is 0 Å². The molecular weight excluding hydrogens is 276 g/mol. The molecule has 0 aliphatic carbocycles. The summed E-state index contributed by atoms with van der Waals surface area (Å²) in [6.07, 6.45) is 8.74. The minimum absolute atomic E-state index is 0.0659. The maximum atomic E-state index is 12.3. The van der Waals surface area contributed by atoms with Crippen LogP contribution in [-0.4, -0.2) is 20.4 Å². The van der Waals surface area contributed by atoms with Crippen molar-refractivity contribution in [1.82, 2.24) is 19.9 Å². The van der Waals surface area contributed by atoms with Crippen molar-refractivity contribution in [2.45, 2.75) is 13.0 Å². The van der Waals surface area contributed by atoms with Gasteiger partial charge >= 0.3 is 0 Å². The first-order valence-electron chi connectivity index (χ1n) is 7.03. The molecule has 1 N–H and O–H groups in total. The third-order valence-corrected chi connectivity index (χ3v) is 3.49. The van der Waals surface area contributed by atoms with Crippen LogP contribution in [0.1, 0.15) is 28.9 Å². The number of nitrogens with one attached hydrogen (secondary N) is 1. The normalized spacial score (nSPS) is 11.9. The van der Waals surface area contributed by atoms with Crippen LogP contribution in [0.5, 0.6) is 0 Å². The van der Waals surface area contributed by atoms with Crippen molar-refractivity contribution in [1.29, 1.82) is 0 Å². The minimum Gasteiger partial charge on any atom is -0.346 e. The quantitative estimate of drug-likeness (QED) is 0.804. The summed E-state index contributed by atoms with van der Waals surface area (Å²) in [5, 5.41) is 2.98. The van der Waals surface area contributed by atoms with Gasteiger partial charge in [-0.05, 0) is 48.9 Å². The standard InChI is InChI=1S/C17H16N4O/c1-13(14-6-8-18-9-7-14)20-17(22)15-2-4-16(5-3-15)21-11-10-19-12-21/h2-13H,1H3,(H,20,22). The summed E-state index contributed by atoms with van der Waals surface area (Å²) >= 11 is 0. The van der Waals surface area contributed by atoms with E-state index in [2.05, 4.69) is 15.3 Å². The highest BCUT2D eigenvalue weighted by Gasteiger charge is 2.11. The summed E-state index contributed by atoms with van der Waals surface area (Å²) in [4.78, 5) is 20.3. The van der Waals surface area contributed by atoms with Crippen molar-refractivity contribution in [2.75, 3.05) is 0 Å². The predicted molar refractivity (Wildman–Crippen MR) is 83.7 cm³/mol. The van der Waals surface area contributed by atoms with Crippen LogP contribution in [0.2, 0.25) is 0 Å². The third-order valence-electron chi connectivity index (χ3n) is 3.49. The monoisotopic (exact) mass is 292 g/mol. The van der Waals surface area contributed by atoms with Gasteiger partial charge in [0.15, 0.2) is 0 Å². The van der Waals surface area contributed by atoms with Crippen molar-refractivity contribution in [3.63, 3.8) is 0 Å². The molecule has 0 bridgehead atoms. The van der Waals surface area contributed by atoms with E-state index in [1.54, 1.807) is 24.9 Å². The van der Waals surface area contributed by atoms with Crippen LogP contribution in [-0.2, 0) is 0 Å². The molecule has 0 aliphatic heterocycles. The Morgan fingerprint density at radius 2 is 1.77 bits per heavy atom. The molecule has 2 heterocycles. The Kier molecular flexibility index (Phi) is 3.96. The second kappa shape index (κ2) is 6.22. The lowest BCUT2D eigenvalue weighted by Crippen LogP contribution is -2.26. The van der Waals surface area contributed by atoms with Gasteiger partial charge in [-0.25, -0.2) is 4.98 Å². The fourth-order valence-corrected chi connectivity index (χ4v) is 2.21. The average molecular weight is 292 g/mol. The van der Waals surface area contributed by atoms with E-state index in [-0.39, 0.29) is 11.9 Å². The van der Waals surface area contributed by atoms with Crippen LogP contribution in [0.15, 0.2) is 67.5 Å². The Labute approximate surface area is 128 Å². The number of carbonyl (C=O) groups excluding carboxylic acids is 1. The number of hydrogen-bond acceptors (Lipinski definition) is 3. The molecule has 0 saturated carbocycles. The molecule has 1 atom stereocenters. The Balaban J connectivity index is 1.70. The summed E-state index contributed by atoms with van der Waals surface area (Å²) in [5.74, 6) is -0.0958. The molecule has 110 valence electrons. The Morgan fingerprint density at radius 3 is 2.41 bits per heavy atom. The van der Waals surface area contributed by atoms with E-state index in [4.69, 9.17) is 0 Å². The second-order valence-corrected chi connectivity index (χ2v) is 4.99. The number of rotatable bonds is 4. The molecule has 5 nitrogen and oxygen atoms in total. The van der Waals surface area contributed by atoms with Crippen LogP contribution < -0.4 is 5.32 Å². The molecule has 0 fully saturated rings. The molecule has 0 saturated heterocycles. The van der Waals surface area contributed by atoms with Gasteiger partial charge in [-0.2, -0.15) is 0 Å². The Morgan fingerprint density at radius 1 is 1.05 bits per heavy atom. The number of aromatic nitrogens is 3. The molecule has 0 radical (unpaired) electrons. The van der Waals surface area contributed by atoms with E-state index in [1.165, 1.54) is 0 Å². The van der Waals surface area contributed by atoms with E-state index in [0.29, 0.717) is 5.56 Å². The van der Waals surface area contributed by atoms with Crippen molar-refractivity contribution in [3.05, 3.63) is 78.6 Å². The zero-order chi connectivity index (χ0) is 15.4. The maximum absolute atomic E-state index is 12.3. The number of amides is 1. The molecule has 1 unspecified atom stereocenters. The first-order chi connectivity index (χ1) is 10.7. The fraction of sp³-hybridized carbons (Fsp3) is 0.118. The summed E-state index contributed by atoms with van der Waals surface area (Å²) in [5.41, 5.74) is 2.62. The third kappa shape index (κ3) is 3.03. The second-order valence-electron chi connectivity index (χ2n) is 4.99. The van der Waals surface area contributed by atoms with Crippen LogP contribution in [0.4, 0.5) is 0 Å². The summed E-state index contributed by atoms with van der Waals surface area (Å²) in [6, 6.07) is 11.1. The molecule has 3 aromatic rings. The summed E-state index contributed by atoms with van der Waals surface area (Å²) in [6.45, 7) is 1.95. The van der Waals surface area contributed by atoms with Gasteiger partial charge < -0.3 is 9.88 Å². The number of imidazole rings is 1. The highest BCUT2D eigenvalue weighted by Crippen LogP contribution is 2.13. The zero-order valence-electron chi connectivity index (χ0n) is 12.2.